The highest BCUT2D eigenvalue weighted by Crippen LogP contribution is 2.23. The number of hydrogen-bond donors (Lipinski definition) is 3. The molecule has 0 aliphatic heterocycles. The van der Waals surface area contributed by atoms with Crippen LogP contribution >= 0.6 is 12.4 Å². The number of hydrogen-bond acceptors (Lipinski definition) is 4. The maximum Gasteiger partial charge on any atom is 0.119 e. The van der Waals surface area contributed by atoms with Crippen LogP contribution in [0.15, 0.2) is 18.2 Å². The zero-order valence-corrected chi connectivity index (χ0v) is 9.33. The molecular formula is C10H16ClNO3. The maximum absolute atomic E-state index is 9.48. The number of ether oxygens (including phenoxy) is 1. The van der Waals surface area contributed by atoms with Gasteiger partial charge in [0.25, 0.3) is 0 Å². The van der Waals surface area contributed by atoms with E-state index in [2.05, 4.69) is 0 Å². The van der Waals surface area contributed by atoms with Crippen LogP contribution in [-0.2, 0) is 6.42 Å². The average Bonchev–Trinajstić information content (AvgIpc) is 2.21. The third kappa shape index (κ3) is 3.95. The van der Waals surface area contributed by atoms with Gasteiger partial charge < -0.3 is 20.7 Å². The van der Waals surface area contributed by atoms with Crippen molar-refractivity contribution in [2.75, 3.05) is 13.7 Å². The molecular weight excluding hydrogens is 218 g/mol. The summed E-state index contributed by atoms with van der Waals surface area (Å²) in [6.07, 6.45) is 0.430. The predicted octanol–water partition coefficient (Wildman–Crippen LogP) is 0.685. The van der Waals surface area contributed by atoms with Crippen molar-refractivity contribution in [3.05, 3.63) is 23.8 Å². The standard InChI is InChI=1S/C10H15NO3.ClH/c1-14-9-2-3-10(13)7(5-9)4-8(11)6-12;/h2-3,5,8,12-13H,4,6,11H2,1H3;1H. The Morgan fingerprint density at radius 1 is 1.47 bits per heavy atom. The lowest BCUT2D eigenvalue weighted by atomic mass is 10.1. The summed E-state index contributed by atoms with van der Waals surface area (Å²) in [5, 5.41) is 18.3. The Kier molecular flexibility index (Phi) is 6.08. The fourth-order valence-corrected chi connectivity index (χ4v) is 1.20. The fourth-order valence-electron chi connectivity index (χ4n) is 1.20. The zero-order valence-electron chi connectivity index (χ0n) is 8.51. The number of nitrogens with two attached hydrogens (primary N) is 1. The van der Waals surface area contributed by atoms with Crippen LogP contribution in [0.2, 0.25) is 0 Å². The van der Waals surface area contributed by atoms with E-state index in [-0.39, 0.29) is 30.8 Å². The van der Waals surface area contributed by atoms with E-state index >= 15 is 0 Å². The first-order chi connectivity index (χ1) is 6.67. The van der Waals surface area contributed by atoms with E-state index in [1.165, 1.54) is 0 Å². The highest BCUT2D eigenvalue weighted by atomic mass is 35.5. The van der Waals surface area contributed by atoms with Crippen LogP contribution in [-0.4, -0.2) is 30.0 Å². The van der Waals surface area contributed by atoms with E-state index in [1.54, 1.807) is 25.3 Å². The summed E-state index contributed by atoms with van der Waals surface area (Å²) in [5.74, 6) is 0.845. The van der Waals surface area contributed by atoms with Gasteiger partial charge in [0.15, 0.2) is 0 Å². The minimum Gasteiger partial charge on any atom is -0.508 e. The average molecular weight is 234 g/mol. The second-order valence-corrected chi connectivity index (χ2v) is 3.14. The van der Waals surface area contributed by atoms with Gasteiger partial charge in [0.1, 0.15) is 11.5 Å². The van der Waals surface area contributed by atoms with Crippen molar-refractivity contribution < 1.29 is 14.9 Å². The summed E-state index contributed by atoms with van der Waals surface area (Å²) >= 11 is 0. The Balaban J connectivity index is 0.00000196. The number of phenols is 1. The van der Waals surface area contributed by atoms with Crippen molar-refractivity contribution in [3.63, 3.8) is 0 Å². The summed E-state index contributed by atoms with van der Waals surface area (Å²) in [6.45, 7) is -0.101. The quantitative estimate of drug-likeness (QED) is 0.715. The van der Waals surface area contributed by atoms with Gasteiger partial charge in [0.2, 0.25) is 0 Å². The third-order valence-electron chi connectivity index (χ3n) is 2.00. The van der Waals surface area contributed by atoms with E-state index in [9.17, 15) is 5.11 Å². The van der Waals surface area contributed by atoms with Crippen molar-refractivity contribution in [2.24, 2.45) is 5.73 Å². The van der Waals surface area contributed by atoms with Gasteiger partial charge in [-0.15, -0.1) is 12.4 Å². The molecule has 4 nitrogen and oxygen atoms in total. The van der Waals surface area contributed by atoms with Gasteiger partial charge in [-0.3, -0.25) is 0 Å². The van der Waals surface area contributed by atoms with E-state index in [0.717, 1.165) is 0 Å². The Morgan fingerprint density at radius 3 is 2.67 bits per heavy atom. The molecule has 15 heavy (non-hydrogen) atoms. The Hall–Kier alpha value is -0.970. The van der Waals surface area contributed by atoms with Crippen LogP contribution in [0.25, 0.3) is 0 Å². The minimum absolute atomic E-state index is 0. The molecule has 0 radical (unpaired) electrons. The number of benzene rings is 1. The number of aromatic hydroxyl groups is 1. The number of halogens is 1. The highest BCUT2D eigenvalue weighted by molar-refractivity contribution is 5.85. The predicted molar refractivity (Wildman–Crippen MR) is 60.7 cm³/mol. The number of phenolic OH excluding ortho intramolecular Hbond substituents is 1. The van der Waals surface area contributed by atoms with Crippen molar-refractivity contribution in [1.29, 1.82) is 0 Å². The Bertz CT molecular complexity index is 307. The SMILES string of the molecule is COc1ccc(O)c(CC(N)CO)c1.Cl. The van der Waals surface area contributed by atoms with Gasteiger partial charge in [0.05, 0.1) is 13.7 Å². The van der Waals surface area contributed by atoms with Gasteiger partial charge in [-0.1, -0.05) is 0 Å². The lowest BCUT2D eigenvalue weighted by Gasteiger charge is -2.10. The molecule has 1 atom stereocenters. The van der Waals surface area contributed by atoms with E-state index in [1.807, 2.05) is 0 Å². The van der Waals surface area contributed by atoms with E-state index < -0.39 is 0 Å². The second kappa shape index (κ2) is 6.50. The first-order valence-electron chi connectivity index (χ1n) is 4.39. The molecule has 0 amide bonds. The van der Waals surface area contributed by atoms with Gasteiger partial charge in [-0.2, -0.15) is 0 Å². The van der Waals surface area contributed by atoms with E-state index in [0.29, 0.717) is 17.7 Å². The molecule has 0 aliphatic carbocycles. The smallest absolute Gasteiger partial charge is 0.119 e. The van der Waals surface area contributed by atoms with Gasteiger partial charge in [0, 0.05) is 6.04 Å². The zero-order chi connectivity index (χ0) is 10.6. The van der Waals surface area contributed by atoms with Crippen molar-refractivity contribution in [2.45, 2.75) is 12.5 Å². The van der Waals surface area contributed by atoms with Crippen molar-refractivity contribution in [3.8, 4) is 11.5 Å². The van der Waals surface area contributed by atoms with Crippen LogP contribution in [0, 0.1) is 0 Å². The molecule has 0 saturated carbocycles. The minimum atomic E-state index is -0.354. The molecule has 1 rings (SSSR count). The number of rotatable bonds is 4. The maximum atomic E-state index is 9.48. The summed E-state index contributed by atoms with van der Waals surface area (Å²) in [6, 6.07) is 4.58. The molecule has 1 unspecified atom stereocenters. The normalized spacial score (nSPS) is 11.7. The van der Waals surface area contributed by atoms with Gasteiger partial charge in [-0.05, 0) is 30.2 Å². The van der Waals surface area contributed by atoms with E-state index in [4.69, 9.17) is 15.6 Å². The molecule has 86 valence electrons. The molecule has 0 heterocycles. The molecule has 0 saturated heterocycles. The van der Waals surface area contributed by atoms with Gasteiger partial charge >= 0.3 is 0 Å². The molecule has 1 aromatic carbocycles. The largest absolute Gasteiger partial charge is 0.508 e. The van der Waals surface area contributed by atoms with Crippen molar-refractivity contribution in [1.82, 2.24) is 0 Å². The van der Waals surface area contributed by atoms with Crippen molar-refractivity contribution >= 4 is 12.4 Å². The van der Waals surface area contributed by atoms with Crippen LogP contribution in [0.5, 0.6) is 11.5 Å². The summed E-state index contributed by atoms with van der Waals surface area (Å²) in [7, 11) is 1.56. The Labute approximate surface area is 95.1 Å². The molecule has 5 heteroatoms. The fraction of sp³-hybridized carbons (Fsp3) is 0.400. The molecule has 4 N–H and O–H groups in total. The Morgan fingerprint density at radius 2 is 2.13 bits per heavy atom. The van der Waals surface area contributed by atoms with Crippen LogP contribution in [0.1, 0.15) is 5.56 Å². The summed E-state index contributed by atoms with van der Waals surface area (Å²) in [4.78, 5) is 0. The van der Waals surface area contributed by atoms with Crippen LogP contribution in [0.3, 0.4) is 0 Å². The number of methoxy groups -OCH3 is 1. The number of aliphatic hydroxyl groups is 1. The van der Waals surface area contributed by atoms with Crippen LogP contribution in [0.4, 0.5) is 0 Å². The summed E-state index contributed by atoms with van der Waals surface area (Å²) < 4.78 is 5.01. The highest BCUT2D eigenvalue weighted by Gasteiger charge is 2.07. The topological polar surface area (TPSA) is 75.7 Å². The van der Waals surface area contributed by atoms with Crippen LogP contribution < -0.4 is 10.5 Å². The number of aliphatic hydroxyl groups excluding tert-OH is 1. The first kappa shape index (κ1) is 14.0. The van der Waals surface area contributed by atoms with Gasteiger partial charge in [-0.25, -0.2) is 0 Å². The molecule has 0 aromatic heterocycles. The lowest BCUT2D eigenvalue weighted by molar-refractivity contribution is 0.264. The molecule has 0 spiro atoms. The molecule has 0 bridgehead atoms. The lowest BCUT2D eigenvalue weighted by Crippen LogP contribution is -2.26. The second-order valence-electron chi connectivity index (χ2n) is 3.14. The molecule has 0 aliphatic rings. The molecule has 1 aromatic rings. The first-order valence-corrected chi connectivity index (χ1v) is 4.39. The summed E-state index contributed by atoms with van der Waals surface area (Å²) in [5.41, 5.74) is 6.25. The molecule has 0 fully saturated rings. The monoisotopic (exact) mass is 233 g/mol. The third-order valence-corrected chi connectivity index (χ3v) is 2.00.